The predicted octanol–water partition coefficient (Wildman–Crippen LogP) is 2.49. The Balaban J connectivity index is 2.23. The Labute approximate surface area is 99.8 Å². The maximum atomic E-state index is 11.3. The van der Waals surface area contributed by atoms with Gasteiger partial charge in [-0.1, -0.05) is 36.4 Å². The van der Waals surface area contributed by atoms with Crippen molar-refractivity contribution in [1.82, 2.24) is 4.98 Å². The Bertz CT molecular complexity index is 482. The van der Waals surface area contributed by atoms with Gasteiger partial charge >= 0.3 is 5.97 Å². The molecule has 0 saturated heterocycles. The molecule has 2 rings (SSSR count). The molecule has 0 amide bonds. The van der Waals surface area contributed by atoms with Crippen molar-refractivity contribution >= 4 is 5.97 Å². The van der Waals surface area contributed by atoms with Crippen molar-refractivity contribution in [3.8, 4) is 0 Å². The fraction of sp³-hybridized carbons (Fsp3) is 0.143. The van der Waals surface area contributed by atoms with Crippen LogP contribution in [0.1, 0.15) is 17.0 Å². The lowest BCUT2D eigenvalue weighted by atomic mass is 9.93. The lowest BCUT2D eigenvalue weighted by Crippen LogP contribution is -2.14. The molecule has 0 aliphatic heterocycles. The van der Waals surface area contributed by atoms with Gasteiger partial charge in [0.05, 0.1) is 5.92 Å². The summed E-state index contributed by atoms with van der Waals surface area (Å²) in [4.78, 5) is 15.3. The first-order chi connectivity index (χ1) is 8.27. The summed E-state index contributed by atoms with van der Waals surface area (Å²) >= 11 is 0. The monoisotopic (exact) mass is 227 g/mol. The van der Waals surface area contributed by atoms with E-state index >= 15 is 0 Å². The molecule has 0 aliphatic carbocycles. The SMILES string of the molecule is O=C(O)[C@@H](Cc1cccnc1)c1ccccc1. The molecule has 1 heterocycles. The number of hydrogen-bond acceptors (Lipinski definition) is 2. The molecule has 0 bridgehead atoms. The standard InChI is InChI=1S/C14H13NO2/c16-14(17)13(12-6-2-1-3-7-12)9-11-5-4-8-15-10-11/h1-8,10,13H,9H2,(H,16,17)/t13-/m0/s1. The normalized spacial score (nSPS) is 12.0. The van der Waals surface area contributed by atoms with Crippen LogP contribution in [0.3, 0.4) is 0 Å². The van der Waals surface area contributed by atoms with Crippen molar-refractivity contribution in [2.24, 2.45) is 0 Å². The highest BCUT2D eigenvalue weighted by atomic mass is 16.4. The molecule has 1 aromatic carbocycles. The number of carboxylic acids is 1. The first-order valence-corrected chi connectivity index (χ1v) is 5.44. The van der Waals surface area contributed by atoms with E-state index in [-0.39, 0.29) is 0 Å². The largest absolute Gasteiger partial charge is 0.481 e. The lowest BCUT2D eigenvalue weighted by Gasteiger charge is -2.12. The minimum absolute atomic E-state index is 0.465. The van der Waals surface area contributed by atoms with Crippen molar-refractivity contribution in [2.45, 2.75) is 12.3 Å². The van der Waals surface area contributed by atoms with Gasteiger partial charge in [0.1, 0.15) is 0 Å². The molecule has 0 unspecified atom stereocenters. The van der Waals surface area contributed by atoms with Crippen molar-refractivity contribution in [3.05, 3.63) is 66.0 Å². The molecule has 17 heavy (non-hydrogen) atoms. The molecule has 0 aliphatic rings. The summed E-state index contributed by atoms with van der Waals surface area (Å²) in [6.45, 7) is 0. The summed E-state index contributed by atoms with van der Waals surface area (Å²) < 4.78 is 0. The average Bonchev–Trinajstić information content (AvgIpc) is 2.38. The van der Waals surface area contributed by atoms with Crippen LogP contribution in [-0.2, 0) is 11.2 Å². The predicted molar refractivity (Wildman–Crippen MR) is 64.8 cm³/mol. The van der Waals surface area contributed by atoms with Gasteiger partial charge in [-0.2, -0.15) is 0 Å². The van der Waals surface area contributed by atoms with E-state index < -0.39 is 11.9 Å². The molecule has 2 aromatic rings. The zero-order chi connectivity index (χ0) is 12.1. The van der Waals surface area contributed by atoms with Gasteiger partial charge in [0, 0.05) is 12.4 Å². The van der Waals surface area contributed by atoms with E-state index in [1.807, 2.05) is 42.5 Å². The molecule has 3 heteroatoms. The summed E-state index contributed by atoms with van der Waals surface area (Å²) in [6.07, 6.45) is 3.86. The Morgan fingerprint density at radius 3 is 2.53 bits per heavy atom. The van der Waals surface area contributed by atoms with Gasteiger partial charge in [0.15, 0.2) is 0 Å². The van der Waals surface area contributed by atoms with Gasteiger partial charge in [-0.05, 0) is 23.6 Å². The van der Waals surface area contributed by atoms with Crippen LogP contribution < -0.4 is 0 Å². The number of aromatic nitrogens is 1. The van der Waals surface area contributed by atoms with Gasteiger partial charge in [-0.25, -0.2) is 0 Å². The average molecular weight is 227 g/mol. The summed E-state index contributed by atoms with van der Waals surface area (Å²) in [7, 11) is 0. The van der Waals surface area contributed by atoms with Crippen LogP contribution in [0.15, 0.2) is 54.9 Å². The van der Waals surface area contributed by atoms with E-state index in [1.54, 1.807) is 12.4 Å². The van der Waals surface area contributed by atoms with Gasteiger partial charge in [0.2, 0.25) is 0 Å². The maximum absolute atomic E-state index is 11.3. The van der Waals surface area contributed by atoms with Crippen LogP contribution in [-0.4, -0.2) is 16.1 Å². The van der Waals surface area contributed by atoms with Crippen molar-refractivity contribution in [2.75, 3.05) is 0 Å². The summed E-state index contributed by atoms with van der Waals surface area (Å²) in [5.41, 5.74) is 1.76. The van der Waals surface area contributed by atoms with E-state index in [0.717, 1.165) is 11.1 Å². The molecule has 0 fully saturated rings. The van der Waals surface area contributed by atoms with Gasteiger partial charge in [-0.15, -0.1) is 0 Å². The van der Waals surface area contributed by atoms with Gasteiger partial charge in [0.25, 0.3) is 0 Å². The van der Waals surface area contributed by atoms with Crippen LogP contribution in [0.25, 0.3) is 0 Å². The molecule has 1 N–H and O–H groups in total. The molecule has 3 nitrogen and oxygen atoms in total. The van der Waals surface area contributed by atoms with Crippen LogP contribution in [0.4, 0.5) is 0 Å². The highest BCUT2D eigenvalue weighted by molar-refractivity contribution is 5.76. The van der Waals surface area contributed by atoms with E-state index in [4.69, 9.17) is 0 Å². The Kier molecular flexibility index (Phi) is 3.50. The minimum atomic E-state index is -0.806. The highest BCUT2D eigenvalue weighted by Crippen LogP contribution is 2.20. The van der Waals surface area contributed by atoms with Crippen LogP contribution in [0.5, 0.6) is 0 Å². The number of rotatable bonds is 4. The summed E-state index contributed by atoms with van der Waals surface area (Å²) in [6, 6.07) is 13.0. The topological polar surface area (TPSA) is 50.2 Å². The number of aliphatic carboxylic acids is 1. The third-order valence-electron chi connectivity index (χ3n) is 2.66. The second-order valence-corrected chi connectivity index (χ2v) is 3.87. The molecule has 1 atom stereocenters. The third kappa shape index (κ3) is 2.91. The molecule has 86 valence electrons. The smallest absolute Gasteiger partial charge is 0.311 e. The molecule has 0 radical (unpaired) electrons. The molecule has 0 spiro atoms. The molecule has 1 aromatic heterocycles. The van der Waals surface area contributed by atoms with Crippen LogP contribution in [0.2, 0.25) is 0 Å². The maximum Gasteiger partial charge on any atom is 0.311 e. The number of carboxylic acid groups (broad SMARTS) is 1. The molecule has 0 saturated carbocycles. The fourth-order valence-corrected chi connectivity index (χ4v) is 1.79. The van der Waals surface area contributed by atoms with Gasteiger partial charge in [-0.3, -0.25) is 9.78 Å². The van der Waals surface area contributed by atoms with Crippen molar-refractivity contribution in [3.63, 3.8) is 0 Å². The fourth-order valence-electron chi connectivity index (χ4n) is 1.79. The number of carbonyl (C=O) groups is 1. The minimum Gasteiger partial charge on any atom is -0.481 e. The molecular formula is C14H13NO2. The number of nitrogens with zero attached hydrogens (tertiary/aromatic N) is 1. The Morgan fingerprint density at radius 1 is 1.18 bits per heavy atom. The summed E-state index contributed by atoms with van der Waals surface area (Å²) in [5, 5.41) is 9.27. The van der Waals surface area contributed by atoms with Crippen molar-refractivity contribution < 1.29 is 9.90 Å². The Hall–Kier alpha value is -2.16. The lowest BCUT2D eigenvalue weighted by molar-refractivity contribution is -0.138. The first kappa shape index (κ1) is 11.3. The summed E-state index contributed by atoms with van der Waals surface area (Å²) in [5.74, 6) is -1.32. The molecular weight excluding hydrogens is 214 g/mol. The van der Waals surface area contributed by atoms with Crippen molar-refractivity contribution in [1.29, 1.82) is 0 Å². The quantitative estimate of drug-likeness (QED) is 0.873. The number of pyridine rings is 1. The van der Waals surface area contributed by atoms with E-state index in [9.17, 15) is 9.90 Å². The second-order valence-electron chi connectivity index (χ2n) is 3.87. The first-order valence-electron chi connectivity index (χ1n) is 5.44. The highest BCUT2D eigenvalue weighted by Gasteiger charge is 2.19. The van der Waals surface area contributed by atoms with Crippen LogP contribution >= 0.6 is 0 Å². The number of hydrogen-bond donors (Lipinski definition) is 1. The number of benzene rings is 1. The van der Waals surface area contributed by atoms with E-state index in [1.165, 1.54) is 0 Å². The van der Waals surface area contributed by atoms with E-state index in [2.05, 4.69) is 4.98 Å². The van der Waals surface area contributed by atoms with Gasteiger partial charge < -0.3 is 5.11 Å². The third-order valence-corrected chi connectivity index (χ3v) is 2.66. The zero-order valence-electron chi connectivity index (χ0n) is 9.28. The Morgan fingerprint density at radius 2 is 1.94 bits per heavy atom. The second kappa shape index (κ2) is 5.25. The van der Waals surface area contributed by atoms with Crippen LogP contribution in [0, 0.1) is 0 Å². The zero-order valence-corrected chi connectivity index (χ0v) is 9.28. The van der Waals surface area contributed by atoms with E-state index in [0.29, 0.717) is 6.42 Å².